The van der Waals surface area contributed by atoms with Crippen molar-refractivity contribution in [2.24, 2.45) is 0 Å². The number of carboxylic acid groups (broad SMARTS) is 1. The fraction of sp³-hybridized carbons (Fsp3) is 0.538. The Hall–Kier alpha value is -1.62. The van der Waals surface area contributed by atoms with Crippen LogP contribution in [0.3, 0.4) is 0 Å². The monoisotopic (exact) mass is 251 g/mol. The highest BCUT2D eigenvalue weighted by molar-refractivity contribution is 5.94. The van der Waals surface area contributed by atoms with Gasteiger partial charge in [0.1, 0.15) is 0 Å². The van der Waals surface area contributed by atoms with Crippen LogP contribution in [0.4, 0.5) is 5.69 Å². The normalized spacial score (nSPS) is 10.7. The molecule has 0 aliphatic rings. The predicted molar refractivity (Wildman–Crippen MR) is 72.3 cm³/mol. The molecular weight excluding hydrogens is 230 g/mol. The largest absolute Gasteiger partial charge is 0.478 e. The highest BCUT2D eigenvalue weighted by atomic mass is 16.4. The van der Waals surface area contributed by atoms with Crippen molar-refractivity contribution < 1.29 is 9.90 Å². The van der Waals surface area contributed by atoms with Crippen molar-refractivity contribution in [3.63, 3.8) is 0 Å². The van der Waals surface area contributed by atoms with Crippen LogP contribution in [0.2, 0.25) is 0 Å². The van der Waals surface area contributed by atoms with E-state index in [1.165, 1.54) is 6.20 Å². The van der Waals surface area contributed by atoms with Gasteiger partial charge in [0, 0.05) is 25.8 Å². The number of hydrogen-bond donors (Lipinski definition) is 1. The molecule has 0 saturated carbocycles. The lowest BCUT2D eigenvalue weighted by atomic mass is 10.2. The standard InChI is InChI=1S/C13H21N3O2/c1-4-7-16(9-8-15(2)3)12-10-14-6-5-11(12)13(17)18/h5-6,10H,4,7-9H2,1-3H3,(H,17,18). The molecular formula is C13H21N3O2. The molecule has 1 aromatic heterocycles. The summed E-state index contributed by atoms with van der Waals surface area (Å²) in [6.07, 6.45) is 4.12. The third kappa shape index (κ3) is 4.00. The third-order valence-electron chi connectivity index (χ3n) is 2.68. The molecule has 0 saturated heterocycles. The Morgan fingerprint density at radius 3 is 2.61 bits per heavy atom. The fourth-order valence-corrected chi connectivity index (χ4v) is 1.76. The summed E-state index contributed by atoms with van der Waals surface area (Å²) in [5.41, 5.74) is 1.02. The Morgan fingerprint density at radius 2 is 2.06 bits per heavy atom. The van der Waals surface area contributed by atoms with Crippen LogP contribution in [-0.4, -0.2) is 54.7 Å². The molecule has 1 aromatic rings. The molecule has 5 nitrogen and oxygen atoms in total. The minimum atomic E-state index is -0.904. The topological polar surface area (TPSA) is 56.7 Å². The molecule has 18 heavy (non-hydrogen) atoms. The highest BCUT2D eigenvalue weighted by Crippen LogP contribution is 2.19. The lowest BCUT2D eigenvalue weighted by molar-refractivity contribution is 0.0697. The van der Waals surface area contributed by atoms with E-state index in [-0.39, 0.29) is 0 Å². The zero-order chi connectivity index (χ0) is 13.5. The van der Waals surface area contributed by atoms with Crippen LogP contribution >= 0.6 is 0 Å². The van der Waals surface area contributed by atoms with E-state index in [0.29, 0.717) is 11.3 Å². The van der Waals surface area contributed by atoms with Crippen LogP contribution in [0.15, 0.2) is 18.5 Å². The van der Waals surface area contributed by atoms with Gasteiger partial charge in [-0.2, -0.15) is 0 Å². The zero-order valence-electron chi connectivity index (χ0n) is 11.3. The quantitative estimate of drug-likeness (QED) is 0.797. The molecule has 0 amide bonds. The number of carboxylic acids is 1. The molecule has 0 aromatic carbocycles. The van der Waals surface area contributed by atoms with E-state index in [4.69, 9.17) is 0 Å². The first-order valence-electron chi connectivity index (χ1n) is 6.13. The number of rotatable bonds is 7. The lowest BCUT2D eigenvalue weighted by Gasteiger charge is -2.26. The molecule has 1 rings (SSSR count). The molecule has 1 N–H and O–H groups in total. The van der Waals surface area contributed by atoms with Crippen molar-refractivity contribution in [3.8, 4) is 0 Å². The second kappa shape index (κ2) is 6.96. The average molecular weight is 251 g/mol. The van der Waals surface area contributed by atoms with Crippen LogP contribution in [-0.2, 0) is 0 Å². The van der Waals surface area contributed by atoms with Gasteiger partial charge in [0.25, 0.3) is 0 Å². The summed E-state index contributed by atoms with van der Waals surface area (Å²) >= 11 is 0. The molecule has 1 heterocycles. The van der Waals surface area contributed by atoms with Gasteiger partial charge in [-0.25, -0.2) is 4.79 Å². The Labute approximate surface area is 108 Å². The van der Waals surface area contributed by atoms with Gasteiger partial charge >= 0.3 is 5.97 Å². The van der Waals surface area contributed by atoms with E-state index in [1.807, 2.05) is 14.1 Å². The first-order valence-corrected chi connectivity index (χ1v) is 6.13. The van der Waals surface area contributed by atoms with Crippen molar-refractivity contribution in [2.45, 2.75) is 13.3 Å². The number of pyridine rings is 1. The van der Waals surface area contributed by atoms with E-state index in [0.717, 1.165) is 26.1 Å². The molecule has 0 unspecified atom stereocenters. The molecule has 0 atom stereocenters. The van der Waals surface area contributed by atoms with Gasteiger partial charge in [-0.05, 0) is 26.6 Å². The van der Waals surface area contributed by atoms with Crippen LogP contribution < -0.4 is 4.90 Å². The number of aromatic carboxylic acids is 1. The molecule has 5 heteroatoms. The molecule has 0 aliphatic carbocycles. The van der Waals surface area contributed by atoms with Crippen molar-refractivity contribution in [1.29, 1.82) is 0 Å². The van der Waals surface area contributed by atoms with Gasteiger partial charge in [-0.15, -0.1) is 0 Å². The van der Waals surface area contributed by atoms with E-state index in [9.17, 15) is 9.90 Å². The number of anilines is 1. The van der Waals surface area contributed by atoms with Crippen molar-refractivity contribution in [2.75, 3.05) is 38.6 Å². The summed E-state index contributed by atoms with van der Waals surface area (Å²) in [4.78, 5) is 19.4. The Kier molecular flexibility index (Phi) is 5.58. The first kappa shape index (κ1) is 14.4. The van der Waals surface area contributed by atoms with Crippen LogP contribution in [0.5, 0.6) is 0 Å². The second-order valence-electron chi connectivity index (χ2n) is 4.49. The number of aromatic nitrogens is 1. The average Bonchev–Trinajstić information content (AvgIpc) is 2.34. The molecule has 0 spiro atoms. The summed E-state index contributed by atoms with van der Waals surface area (Å²) in [6, 6.07) is 1.55. The fourth-order valence-electron chi connectivity index (χ4n) is 1.76. The number of nitrogens with zero attached hydrogens (tertiary/aromatic N) is 3. The van der Waals surface area contributed by atoms with Gasteiger partial charge in [0.15, 0.2) is 0 Å². The number of hydrogen-bond acceptors (Lipinski definition) is 4. The molecule has 100 valence electrons. The highest BCUT2D eigenvalue weighted by Gasteiger charge is 2.15. The van der Waals surface area contributed by atoms with Crippen LogP contribution in [0.1, 0.15) is 23.7 Å². The van der Waals surface area contributed by atoms with E-state index in [2.05, 4.69) is 21.7 Å². The molecule has 0 radical (unpaired) electrons. The van der Waals surface area contributed by atoms with Crippen LogP contribution in [0.25, 0.3) is 0 Å². The minimum Gasteiger partial charge on any atom is -0.478 e. The second-order valence-corrected chi connectivity index (χ2v) is 4.49. The lowest BCUT2D eigenvalue weighted by Crippen LogP contribution is -2.33. The molecule has 0 fully saturated rings. The summed E-state index contributed by atoms with van der Waals surface area (Å²) in [7, 11) is 4.01. The SMILES string of the molecule is CCCN(CCN(C)C)c1cnccc1C(=O)O. The zero-order valence-corrected chi connectivity index (χ0v) is 11.3. The van der Waals surface area contributed by atoms with Crippen molar-refractivity contribution in [1.82, 2.24) is 9.88 Å². The smallest absolute Gasteiger partial charge is 0.337 e. The Bertz CT molecular complexity index is 394. The maximum atomic E-state index is 11.2. The van der Waals surface area contributed by atoms with Gasteiger partial charge in [0.05, 0.1) is 17.4 Å². The van der Waals surface area contributed by atoms with E-state index >= 15 is 0 Å². The number of likely N-dealkylation sites (N-methyl/N-ethyl adjacent to an activating group) is 1. The number of carbonyl (C=O) groups is 1. The van der Waals surface area contributed by atoms with Gasteiger partial charge < -0.3 is 14.9 Å². The maximum absolute atomic E-state index is 11.2. The predicted octanol–water partition coefficient (Wildman–Crippen LogP) is 1.56. The van der Waals surface area contributed by atoms with Crippen molar-refractivity contribution in [3.05, 3.63) is 24.0 Å². The minimum absolute atomic E-state index is 0.317. The van der Waals surface area contributed by atoms with Gasteiger partial charge in [-0.3, -0.25) is 4.98 Å². The summed E-state index contributed by atoms with van der Waals surface area (Å²) < 4.78 is 0. The third-order valence-corrected chi connectivity index (χ3v) is 2.68. The molecule has 0 bridgehead atoms. The van der Waals surface area contributed by atoms with E-state index < -0.39 is 5.97 Å². The van der Waals surface area contributed by atoms with E-state index in [1.54, 1.807) is 12.3 Å². The summed E-state index contributed by atoms with van der Waals surface area (Å²) in [5, 5.41) is 9.20. The van der Waals surface area contributed by atoms with Crippen LogP contribution in [0, 0.1) is 0 Å². The van der Waals surface area contributed by atoms with Gasteiger partial charge in [-0.1, -0.05) is 6.92 Å². The maximum Gasteiger partial charge on any atom is 0.337 e. The Morgan fingerprint density at radius 1 is 1.33 bits per heavy atom. The van der Waals surface area contributed by atoms with Crippen molar-refractivity contribution >= 4 is 11.7 Å². The Balaban J connectivity index is 2.93. The first-order chi connectivity index (χ1) is 8.56. The summed E-state index contributed by atoms with van der Waals surface area (Å²) in [6.45, 7) is 4.60. The molecule has 0 aliphatic heterocycles. The van der Waals surface area contributed by atoms with Gasteiger partial charge in [0.2, 0.25) is 0 Å². The summed E-state index contributed by atoms with van der Waals surface area (Å²) in [5.74, 6) is -0.904.